The van der Waals surface area contributed by atoms with Crippen LogP contribution in [0.4, 0.5) is 0 Å². The third-order valence-electron chi connectivity index (χ3n) is 2.98. The highest BCUT2D eigenvalue weighted by atomic mass is 32.2. The van der Waals surface area contributed by atoms with Gasteiger partial charge in [-0.05, 0) is 30.0 Å². The summed E-state index contributed by atoms with van der Waals surface area (Å²) >= 11 is 0. The molecule has 0 saturated heterocycles. The summed E-state index contributed by atoms with van der Waals surface area (Å²) < 4.78 is 28.8. The van der Waals surface area contributed by atoms with Crippen LogP contribution in [0, 0.1) is 0 Å². The second-order valence-corrected chi connectivity index (χ2v) is 5.92. The Morgan fingerprint density at radius 2 is 1.81 bits per heavy atom. The van der Waals surface area contributed by atoms with Crippen molar-refractivity contribution in [2.45, 2.75) is 44.4 Å². The lowest BCUT2D eigenvalue weighted by molar-refractivity contribution is -0.142. The molecule has 0 fully saturated rings. The predicted molar refractivity (Wildman–Crippen MR) is 75.3 cm³/mol. The number of aliphatic carboxylic acids is 1. The van der Waals surface area contributed by atoms with Gasteiger partial charge in [-0.1, -0.05) is 26.0 Å². The van der Waals surface area contributed by atoms with Gasteiger partial charge in [-0.15, -0.1) is 0 Å². The fourth-order valence-corrected chi connectivity index (χ4v) is 3.24. The number of hydrogen-bond acceptors (Lipinski definition) is 5. The Bertz CT molecular complexity index is 633. The second-order valence-electron chi connectivity index (χ2n) is 4.40. The summed E-state index contributed by atoms with van der Waals surface area (Å²) in [7, 11) is -4.23. The van der Waals surface area contributed by atoms with Crippen molar-refractivity contribution in [1.29, 1.82) is 0 Å². The molecule has 116 valence electrons. The lowest BCUT2D eigenvalue weighted by atomic mass is 10.0. The van der Waals surface area contributed by atoms with Gasteiger partial charge in [0.25, 0.3) is 0 Å². The number of aryl methyl sites for hydroxylation is 1. The molecule has 1 aromatic rings. The minimum Gasteiger partial charge on any atom is -0.481 e. The van der Waals surface area contributed by atoms with E-state index in [9.17, 15) is 18.0 Å². The van der Waals surface area contributed by atoms with E-state index in [0.29, 0.717) is 18.4 Å². The number of carbonyl (C=O) groups is 2. The number of hydrogen-bond donors (Lipinski definition) is 1. The standard InChI is InChI=1S/C14H18O6S/c1-3-10-6-5-7-12(11(10)4-2)21(18,19)20-14(17)9-8-13(15)16/h5-7H,3-4,8-9H2,1-2H3,(H,15,16). The fourth-order valence-electron chi connectivity index (χ4n) is 2.00. The zero-order valence-electron chi connectivity index (χ0n) is 12.0. The van der Waals surface area contributed by atoms with E-state index in [0.717, 1.165) is 5.56 Å². The fraction of sp³-hybridized carbons (Fsp3) is 0.429. The average Bonchev–Trinajstić information content (AvgIpc) is 2.43. The molecule has 0 spiro atoms. The summed E-state index contributed by atoms with van der Waals surface area (Å²) in [6.45, 7) is 3.73. The molecule has 0 atom stereocenters. The Morgan fingerprint density at radius 3 is 2.33 bits per heavy atom. The highest BCUT2D eigenvalue weighted by Gasteiger charge is 2.24. The largest absolute Gasteiger partial charge is 0.481 e. The summed E-state index contributed by atoms with van der Waals surface area (Å²) in [5, 5.41) is 8.47. The third kappa shape index (κ3) is 4.56. The second kappa shape index (κ2) is 7.21. The zero-order chi connectivity index (χ0) is 16.0. The normalized spacial score (nSPS) is 11.1. The Morgan fingerprint density at radius 1 is 1.14 bits per heavy atom. The van der Waals surface area contributed by atoms with Gasteiger partial charge < -0.3 is 9.29 Å². The van der Waals surface area contributed by atoms with Gasteiger partial charge in [0.1, 0.15) is 4.90 Å². The quantitative estimate of drug-likeness (QED) is 0.772. The van der Waals surface area contributed by atoms with Crippen molar-refractivity contribution in [3.63, 3.8) is 0 Å². The Balaban J connectivity index is 3.03. The van der Waals surface area contributed by atoms with Crippen LogP contribution in [0.15, 0.2) is 23.1 Å². The minimum atomic E-state index is -4.23. The third-order valence-corrected chi connectivity index (χ3v) is 4.31. The molecule has 0 aromatic heterocycles. The van der Waals surface area contributed by atoms with Gasteiger partial charge in [0.05, 0.1) is 12.8 Å². The summed E-state index contributed by atoms with van der Waals surface area (Å²) in [5.41, 5.74) is 1.49. The van der Waals surface area contributed by atoms with Crippen LogP contribution in [0.3, 0.4) is 0 Å². The van der Waals surface area contributed by atoms with Crippen molar-refractivity contribution in [2.24, 2.45) is 0 Å². The first-order chi connectivity index (χ1) is 9.81. The van der Waals surface area contributed by atoms with E-state index in [2.05, 4.69) is 4.18 Å². The molecule has 21 heavy (non-hydrogen) atoms. The first kappa shape index (κ1) is 17.2. The van der Waals surface area contributed by atoms with Crippen LogP contribution in [0.25, 0.3) is 0 Å². The molecule has 0 aliphatic carbocycles. The summed E-state index contributed by atoms with van der Waals surface area (Å²) in [6.07, 6.45) is 0.207. The smallest absolute Gasteiger partial charge is 0.341 e. The highest BCUT2D eigenvalue weighted by Crippen LogP contribution is 2.23. The molecule has 0 aliphatic heterocycles. The number of rotatable bonds is 7. The van der Waals surface area contributed by atoms with Crippen molar-refractivity contribution in [3.8, 4) is 0 Å². The minimum absolute atomic E-state index is 0.0342. The average molecular weight is 314 g/mol. The van der Waals surface area contributed by atoms with Gasteiger partial charge in [0.2, 0.25) is 0 Å². The van der Waals surface area contributed by atoms with Crippen LogP contribution in [0.2, 0.25) is 0 Å². The van der Waals surface area contributed by atoms with Gasteiger partial charge in [-0.2, -0.15) is 8.42 Å². The van der Waals surface area contributed by atoms with E-state index < -0.39 is 34.9 Å². The molecule has 1 aromatic carbocycles. The number of benzene rings is 1. The van der Waals surface area contributed by atoms with E-state index >= 15 is 0 Å². The van der Waals surface area contributed by atoms with E-state index in [1.807, 2.05) is 19.9 Å². The first-order valence-electron chi connectivity index (χ1n) is 6.61. The van der Waals surface area contributed by atoms with Crippen molar-refractivity contribution in [1.82, 2.24) is 0 Å². The van der Waals surface area contributed by atoms with Crippen LogP contribution >= 0.6 is 0 Å². The number of carboxylic acid groups (broad SMARTS) is 1. The highest BCUT2D eigenvalue weighted by molar-refractivity contribution is 7.87. The van der Waals surface area contributed by atoms with E-state index in [-0.39, 0.29) is 4.90 Å². The molecule has 0 aliphatic rings. The van der Waals surface area contributed by atoms with E-state index in [4.69, 9.17) is 5.11 Å². The molecule has 0 bridgehead atoms. The van der Waals surface area contributed by atoms with Gasteiger partial charge in [-0.3, -0.25) is 9.59 Å². The monoisotopic (exact) mass is 314 g/mol. The molecule has 0 amide bonds. The van der Waals surface area contributed by atoms with E-state index in [1.54, 1.807) is 6.07 Å². The SMILES string of the molecule is CCc1cccc(S(=O)(=O)OC(=O)CCC(=O)O)c1CC. The summed E-state index contributed by atoms with van der Waals surface area (Å²) in [5.74, 6) is -2.26. The lowest BCUT2D eigenvalue weighted by Gasteiger charge is -2.12. The molecule has 1 rings (SSSR count). The molecule has 6 nitrogen and oxygen atoms in total. The molecule has 7 heteroatoms. The van der Waals surface area contributed by atoms with Crippen molar-refractivity contribution in [3.05, 3.63) is 29.3 Å². The maximum absolute atomic E-state index is 12.1. The summed E-state index contributed by atoms with van der Waals surface area (Å²) in [6, 6.07) is 4.80. The zero-order valence-corrected chi connectivity index (χ0v) is 12.8. The summed E-state index contributed by atoms with van der Waals surface area (Å²) in [4.78, 5) is 21.8. The Kier molecular flexibility index (Phi) is 5.90. The molecule has 0 heterocycles. The first-order valence-corrected chi connectivity index (χ1v) is 8.02. The van der Waals surface area contributed by atoms with Crippen LogP contribution < -0.4 is 0 Å². The maximum atomic E-state index is 12.1. The Labute approximate surface area is 123 Å². The number of carbonyl (C=O) groups excluding carboxylic acids is 1. The van der Waals surface area contributed by atoms with Crippen LogP contribution in [-0.2, 0) is 36.7 Å². The van der Waals surface area contributed by atoms with Crippen molar-refractivity contribution in [2.75, 3.05) is 0 Å². The maximum Gasteiger partial charge on any atom is 0.341 e. The molecule has 0 unspecified atom stereocenters. The van der Waals surface area contributed by atoms with Gasteiger partial charge >= 0.3 is 22.1 Å². The predicted octanol–water partition coefficient (Wildman–Crippen LogP) is 1.91. The van der Waals surface area contributed by atoms with Gasteiger partial charge in [0.15, 0.2) is 0 Å². The molecule has 0 saturated carbocycles. The lowest BCUT2D eigenvalue weighted by Crippen LogP contribution is -2.16. The number of carboxylic acids is 1. The van der Waals surface area contributed by atoms with Gasteiger partial charge in [0, 0.05) is 0 Å². The van der Waals surface area contributed by atoms with Crippen LogP contribution in [0.5, 0.6) is 0 Å². The Hall–Kier alpha value is -1.89. The molecule has 1 N–H and O–H groups in total. The van der Waals surface area contributed by atoms with Crippen molar-refractivity contribution >= 4 is 22.1 Å². The topological polar surface area (TPSA) is 97.7 Å². The molecule has 0 radical (unpaired) electrons. The van der Waals surface area contributed by atoms with E-state index in [1.165, 1.54) is 6.07 Å². The van der Waals surface area contributed by atoms with Crippen molar-refractivity contribution < 1.29 is 27.3 Å². The van der Waals surface area contributed by atoms with Crippen LogP contribution in [-0.4, -0.2) is 25.5 Å². The molecular formula is C14H18O6S. The van der Waals surface area contributed by atoms with Crippen LogP contribution in [0.1, 0.15) is 37.8 Å². The van der Waals surface area contributed by atoms with Gasteiger partial charge in [-0.25, -0.2) is 0 Å². The molecular weight excluding hydrogens is 296 g/mol.